The van der Waals surface area contributed by atoms with Crippen molar-refractivity contribution in [2.45, 2.75) is 6.92 Å². The largest absolute Gasteiger partial charge is 0.378 e. The number of benzene rings is 2. The molecule has 0 spiro atoms. The lowest BCUT2D eigenvalue weighted by Gasteiger charge is -2.27. The average molecular weight is 434 g/mol. The maximum absolute atomic E-state index is 12.5. The first kappa shape index (κ1) is 21.2. The fraction of sp³-hybridized carbons (Fsp3) is 0.227. The Kier molecular flexibility index (Phi) is 6.22. The van der Waals surface area contributed by atoms with E-state index in [2.05, 4.69) is 25.5 Å². The predicted molar refractivity (Wildman–Crippen MR) is 121 cm³/mol. The molecule has 2 aromatic carbocycles. The summed E-state index contributed by atoms with van der Waals surface area (Å²) >= 11 is 0. The van der Waals surface area contributed by atoms with E-state index in [-0.39, 0.29) is 11.3 Å². The Morgan fingerprint density at radius 2 is 1.75 bits per heavy atom. The molecule has 1 fully saturated rings. The minimum Gasteiger partial charge on any atom is -0.378 e. The molecule has 0 unspecified atom stereocenters. The predicted octanol–water partition coefficient (Wildman–Crippen LogP) is 3.53. The maximum Gasteiger partial charge on any atom is 0.282 e. The molecule has 1 amide bonds. The van der Waals surface area contributed by atoms with E-state index in [1.54, 1.807) is 30.3 Å². The number of para-hydroxylation sites is 1. The molecule has 32 heavy (non-hydrogen) atoms. The molecule has 1 aromatic heterocycles. The molecule has 164 valence electrons. The van der Waals surface area contributed by atoms with Crippen molar-refractivity contribution in [1.82, 2.24) is 9.97 Å². The van der Waals surface area contributed by atoms with E-state index in [0.29, 0.717) is 30.7 Å². The number of anilines is 4. The van der Waals surface area contributed by atoms with Crippen molar-refractivity contribution in [3.05, 3.63) is 76.0 Å². The van der Waals surface area contributed by atoms with Crippen molar-refractivity contribution in [3.8, 4) is 0 Å². The van der Waals surface area contributed by atoms with Crippen LogP contribution in [0.25, 0.3) is 0 Å². The number of nitro groups is 1. The smallest absolute Gasteiger partial charge is 0.282 e. The second kappa shape index (κ2) is 9.40. The molecule has 4 rings (SSSR count). The first-order valence-electron chi connectivity index (χ1n) is 10.1. The van der Waals surface area contributed by atoms with Crippen LogP contribution in [0.3, 0.4) is 0 Å². The van der Waals surface area contributed by atoms with Crippen LogP contribution in [0.1, 0.15) is 16.1 Å². The fourth-order valence-electron chi connectivity index (χ4n) is 3.33. The average Bonchev–Trinajstić information content (AvgIpc) is 2.80. The zero-order chi connectivity index (χ0) is 22.5. The number of morpholine rings is 1. The molecule has 10 heteroatoms. The van der Waals surface area contributed by atoms with Gasteiger partial charge in [0, 0.05) is 42.3 Å². The van der Waals surface area contributed by atoms with Gasteiger partial charge < -0.3 is 20.3 Å². The molecule has 1 aliphatic heterocycles. The zero-order valence-electron chi connectivity index (χ0n) is 17.4. The molecular weight excluding hydrogens is 412 g/mol. The number of carbonyl (C=O) groups is 1. The van der Waals surface area contributed by atoms with E-state index >= 15 is 0 Å². The van der Waals surface area contributed by atoms with Crippen molar-refractivity contribution in [2.75, 3.05) is 41.8 Å². The molecular formula is C22H22N6O4. The van der Waals surface area contributed by atoms with Gasteiger partial charge in [-0.15, -0.1) is 0 Å². The topological polar surface area (TPSA) is 123 Å². The number of ether oxygens (including phenoxy) is 1. The van der Waals surface area contributed by atoms with Crippen molar-refractivity contribution >= 4 is 34.7 Å². The molecule has 1 saturated heterocycles. The number of hydrogen-bond donors (Lipinski definition) is 2. The SMILES string of the molecule is Cc1cc(Nc2ccc(NC(=O)c3ccccc3[N+](=O)[O-])cc2)nc(N2CCOCC2)n1. The second-order valence-electron chi connectivity index (χ2n) is 7.22. The third kappa shape index (κ3) is 4.98. The summed E-state index contributed by atoms with van der Waals surface area (Å²) in [5.41, 5.74) is 1.91. The number of aromatic nitrogens is 2. The standard InChI is InChI=1S/C22H22N6O4/c1-15-14-20(26-22(23-15)27-10-12-32-13-11-27)24-16-6-8-17(9-7-16)25-21(29)18-4-2-3-5-19(18)28(30)31/h2-9,14H,10-13H2,1H3,(H,25,29)(H,23,24,26). The Morgan fingerprint density at radius 1 is 1.06 bits per heavy atom. The highest BCUT2D eigenvalue weighted by Gasteiger charge is 2.19. The van der Waals surface area contributed by atoms with Crippen LogP contribution in [0.2, 0.25) is 0 Å². The minimum absolute atomic E-state index is 0.00630. The lowest BCUT2D eigenvalue weighted by atomic mass is 10.1. The van der Waals surface area contributed by atoms with Gasteiger partial charge in [0.15, 0.2) is 0 Å². The highest BCUT2D eigenvalue weighted by atomic mass is 16.6. The fourth-order valence-corrected chi connectivity index (χ4v) is 3.33. The molecule has 0 aliphatic carbocycles. The van der Waals surface area contributed by atoms with E-state index in [9.17, 15) is 14.9 Å². The van der Waals surface area contributed by atoms with Crippen molar-refractivity contribution in [2.24, 2.45) is 0 Å². The molecule has 0 bridgehead atoms. The molecule has 3 aromatic rings. The Labute approximate surface area is 184 Å². The molecule has 0 radical (unpaired) electrons. The van der Waals surface area contributed by atoms with E-state index in [1.807, 2.05) is 13.0 Å². The third-order valence-corrected chi connectivity index (χ3v) is 4.90. The van der Waals surface area contributed by atoms with Gasteiger partial charge >= 0.3 is 0 Å². The summed E-state index contributed by atoms with van der Waals surface area (Å²) in [4.78, 5) is 34.3. The number of carbonyl (C=O) groups excluding carboxylic acids is 1. The maximum atomic E-state index is 12.5. The summed E-state index contributed by atoms with van der Waals surface area (Å²) in [5.74, 6) is 0.777. The Hall–Kier alpha value is -4.05. The molecule has 2 heterocycles. The number of rotatable bonds is 6. The van der Waals surface area contributed by atoms with Crippen LogP contribution in [-0.2, 0) is 4.74 Å². The molecule has 10 nitrogen and oxygen atoms in total. The van der Waals surface area contributed by atoms with E-state index in [1.165, 1.54) is 18.2 Å². The van der Waals surface area contributed by atoms with Gasteiger partial charge in [0.1, 0.15) is 11.4 Å². The van der Waals surface area contributed by atoms with Gasteiger partial charge in [-0.05, 0) is 37.3 Å². The van der Waals surface area contributed by atoms with Crippen LogP contribution >= 0.6 is 0 Å². The van der Waals surface area contributed by atoms with Gasteiger partial charge in [-0.1, -0.05) is 12.1 Å². The number of aryl methyl sites for hydroxylation is 1. The molecule has 2 N–H and O–H groups in total. The van der Waals surface area contributed by atoms with E-state index < -0.39 is 10.8 Å². The van der Waals surface area contributed by atoms with Gasteiger partial charge in [-0.2, -0.15) is 4.98 Å². The summed E-state index contributed by atoms with van der Waals surface area (Å²) in [6, 6.07) is 14.7. The van der Waals surface area contributed by atoms with Gasteiger partial charge in [-0.25, -0.2) is 4.98 Å². The lowest BCUT2D eigenvalue weighted by molar-refractivity contribution is -0.385. The van der Waals surface area contributed by atoms with Crippen molar-refractivity contribution in [1.29, 1.82) is 0 Å². The van der Waals surface area contributed by atoms with Crippen LogP contribution < -0.4 is 15.5 Å². The van der Waals surface area contributed by atoms with Gasteiger partial charge in [0.25, 0.3) is 11.6 Å². The molecule has 1 aliphatic rings. The Bertz CT molecular complexity index is 1130. The summed E-state index contributed by atoms with van der Waals surface area (Å²) < 4.78 is 5.39. The van der Waals surface area contributed by atoms with Crippen LogP contribution in [0.15, 0.2) is 54.6 Å². The Balaban J connectivity index is 1.45. The number of nitro benzene ring substituents is 1. The number of hydrogen-bond acceptors (Lipinski definition) is 8. The number of amides is 1. The third-order valence-electron chi connectivity index (χ3n) is 4.90. The van der Waals surface area contributed by atoms with Crippen molar-refractivity contribution < 1.29 is 14.5 Å². The van der Waals surface area contributed by atoms with Crippen molar-refractivity contribution in [3.63, 3.8) is 0 Å². The minimum atomic E-state index is -0.573. The van der Waals surface area contributed by atoms with Crippen LogP contribution in [0.5, 0.6) is 0 Å². The van der Waals surface area contributed by atoms with Gasteiger partial charge in [0.2, 0.25) is 5.95 Å². The van der Waals surface area contributed by atoms with E-state index in [4.69, 9.17) is 4.74 Å². The monoisotopic (exact) mass is 434 g/mol. The van der Waals surface area contributed by atoms with Crippen LogP contribution in [-0.4, -0.2) is 47.1 Å². The highest BCUT2D eigenvalue weighted by molar-refractivity contribution is 6.07. The first-order chi connectivity index (χ1) is 15.5. The summed E-state index contributed by atoms with van der Waals surface area (Å²) in [6.45, 7) is 4.71. The van der Waals surface area contributed by atoms with Gasteiger partial charge in [-0.3, -0.25) is 14.9 Å². The van der Waals surface area contributed by atoms with Crippen LogP contribution in [0, 0.1) is 17.0 Å². The Morgan fingerprint density at radius 3 is 2.47 bits per heavy atom. The zero-order valence-corrected chi connectivity index (χ0v) is 17.4. The summed E-state index contributed by atoms with van der Waals surface area (Å²) in [6.07, 6.45) is 0. The second-order valence-corrected chi connectivity index (χ2v) is 7.22. The summed E-state index contributed by atoms with van der Waals surface area (Å²) in [5, 5.41) is 17.1. The van der Waals surface area contributed by atoms with E-state index in [0.717, 1.165) is 24.5 Å². The number of nitrogens with one attached hydrogen (secondary N) is 2. The first-order valence-corrected chi connectivity index (χ1v) is 10.1. The summed E-state index contributed by atoms with van der Waals surface area (Å²) in [7, 11) is 0. The lowest BCUT2D eigenvalue weighted by Crippen LogP contribution is -2.37. The normalized spacial score (nSPS) is 13.5. The molecule has 0 saturated carbocycles. The van der Waals surface area contributed by atoms with Gasteiger partial charge in [0.05, 0.1) is 18.1 Å². The van der Waals surface area contributed by atoms with Crippen LogP contribution in [0.4, 0.5) is 28.8 Å². The molecule has 0 atom stereocenters. The highest BCUT2D eigenvalue weighted by Crippen LogP contribution is 2.23. The quantitative estimate of drug-likeness (QED) is 0.446. The number of nitrogens with zero attached hydrogens (tertiary/aromatic N) is 4.